The number of pyridine rings is 1. The number of benzene rings is 1. The number of rotatable bonds is 5. The Labute approximate surface area is 169 Å². The quantitative estimate of drug-likeness (QED) is 0.693. The van der Waals surface area contributed by atoms with Crippen LogP contribution in [0.2, 0.25) is 0 Å². The summed E-state index contributed by atoms with van der Waals surface area (Å²) < 4.78 is 5.07. The summed E-state index contributed by atoms with van der Waals surface area (Å²) in [6, 6.07) is 8.40. The number of carbonyl (C=O) groups is 2. The molecule has 1 aromatic carbocycles. The van der Waals surface area contributed by atoms with Crippen LogP contribution in [0.4, 0.5) is 11.4 Å². The second-order valence-corrected chi connectivity index (χ2v) is 7.26. The van der Waals surface area contributed by atoms with Gasteiger partial charge in [0.25, 0.3) is 5.91 Å². The summed E-state index contributed by atoms with van der Waals surface area (Å²) in [7, 11) is 0. The Bertz CT molecular complexity index is 1010. The molecule has 1 fully saturated rings. The van der Waals surface area contributed by atoms with Crippen LogP contribution in [-0.2, 0) is 4.79 Å². The average molecular weight is 392 g/mol. The molecule has 1 atom stereocenters. The highest BCUT2D eigenvalue weighted by Gasteiger charge is 2.20. The summed E-state index contributed by atoms with van der Waals surface area (Å²) in [4.78, 5) is 31.4. The highest BCUT2D eigenvalue weighted by molar-refractivity contribution is 6.08. The number of anilines is 2. The molecule has 7 heteroatoms. The van der Waals surface area contributed by atoms with E-state index in [1.807, 2.05) is 12.1 Å². The molecule has 7 nitrogen and oxygen atoms in total. The van der Waals surface area contributed by atoms with Gasteiger partial charge in [-0.25, -0.2) is 0 Å². The van der Waals surface area contributed by atoms with Gasteiger partial charge in [-0.3, -0.25) is 14.6 Å². The lowest BCUT2D eigenvalue weighted by molar-refractivity contribution is -0.117. The first-order chi connectivity index (χ1) is 14.1. The Morgan fingerprint density at radius 2 is 1.93 bits per heavy atom. The van der Waals surface area contributed by atoms with Crippen LogP contribution >= 0.6 is 0 Å². The topological polar surface area (TPSA) is 87.5 Å². The lowest BCUT2D eigenvalue weighted by atomic mass is 10.0. The molecule has 1 aliphatic rings. The van der Waals surface area contributed by atoms with Crippen LogP contribution in [0.15, 0.2) is 53.4 Å². The SMILES string of the molecule is C[C@H](NC(=O)c1ccco1)C(=O)Nc1ccc(N2CCCCC2)c2ccncc12. The Hall–Kier alpha value is -3.35. The van der Waals surface area contributed by atoms with Crippen molar-refractivity contribution in [2.45, 2.75) is 32.2 Å². The number of nitrogens with zero attached hydrogens (tertiary/aromatic N) is 2. The first-order valence-electron chi connectivity index (χ1n) is 9.90. The van der Waals surface area contributed by atoms with Gasteiger partial charge in [-0.15, -0.1) is 0 Å². The fraction of sp³-hybridized carbons (Fsp3) is 0.318. The molecule has 1 saturated heterocycles. The molecule has 2 N–H and O–H groups in total. The number of furan rings is 1. The van der Waals surface area contributed by atoms with E-state index in [0.717, 1.165) is 23.9 Å². The van der Waals surface area contributed by atoms with E-state index in [-0.39, 0.29) is 11.7 Å². The molecule has 3 heterocycles. The van der Waals surface area contributed by atoms with Gasteiger partial charge in [0.15, 0.2) is 5.76 Å². The summed E-state index contributed by atoms with van der Waals surface area (Å²) in [6.45, 7) is 3.72. The van der Waals surface area contributed by atoms with Crippen molar-refractivity contribution in [2.24, 2.45) is 0 Å². The number of amides is 2. The van der Waals surface area contributed by atoms with Crippen LogP contribution < -0.4 is 15.5 Å². The summed E-state index contributed by atoms with van der Waals surface area (Å²) in [5, 5.41) is 7.51. The highest BCUT2D eigenvalue weighted by atomic mass is 16.3. The van der Waals surface area contributed by atoms with Crippen molar-refractivity contribution in [1.29, 1.82) is 0 Å². The number of nitrogens with one attached hydrogen (secondary N) is 2. The van der Waals surface area contributed by atoms with Crippen LogP contribution in [0.5, 0.6) is 0 Å². The number of piperidine rings is 1. The third kappa shape index (κ3) is 4.08. The largest absolute Gasteiger partial charge is 0.459 e. The molecular formula is C22H24N4O3. The zero-order valence-electron chi connectivity index (χ0n) is 16.4. The number of carbonyl (C=O) groups excluding carboxylic acids is 2. The van der Waals surface area contributed by atoms with Crippen molar-refractivity contribution >= 4 is 34.0 Å². The minimum atomic E-state index is -0.721. The summed E-state index contributed by atoms with van der Waals surface area (Å²) in [5.74, 6) is -0.560. The Morgan fingerprint density at radius 1 is 1.10 bits per heavy atom. The normalized spacial score (nSPS) is 15.1. The average Bonchev–Trinajstić information content (AvgIpc) is 3.29. The van der Waals surface area contributed by atoms with E-state index < -0.39 is 11.9 Å². The molecule has 150 valence electrons. The maximum Gasteiger partial charge on any atom is 0.287 e. The molecule has 4 rings (SSSR count). The molecule has 0 spiro atoms. The minimum absolute atomic E-state index is 0.171. The van der Waals surface area contributed by atoms with E-state index in [1.165, 1.54) is 31.2 Å². The van der Waals surface area contributed by atoms with E-state index in [9.17, 15) is 9.59 Å². The maximum absolute atomic E-state index is 12.7. The Kier molecular flexibility index (Phi) is 5.46. The molecular weight excluding hydrogens is 368 g/mol. The molecule has 1 aliphatic heterocycles. The van der Waals surface area contributed by atoms with Gasteiger partial charge < -0.3 is 20.0 Å². The number of fused-ring (bicyclic) bond motifs is 1. The van der Waals surface area contributed by atoms with Crippen LogP contribution in [-0.4, -0.2) is 35.9 Å². The fourth-order valence-electron chi connectivity index (χ4n) is 3.68. The fourth-order valence-corrected chi connectivity index (χ4v) is 3.68. The minimum Gasteiger partial charge on any atom is -0.459 e. The third-order valence-electron chi connectivity index (χ3n) is 5.24. The van der Waals surface area contributed by atoms with E-state index in [2.05, 4.69) is 26.6 Å². The van der Waals surface area contributed by atoms with Crippen LogP contribution in [0, 0.1) is 0 Å². The lowest BCUT2D eigenvalue weighted by Crippen LogP contribution is -2.41. The smallest absolute Gasteiger partial charge is 0.287 e. The first-order valence-corrected chi connectivity index (χ1v) is 9.90. The molecule has 2 aromatic heterocycles. The molecule has 2 amide bonds. The summed E-state index contributed by atoms with van der Waals surface area (Å²) in [6.07, 6.45) is 8.61. The zero-order valence-corrected chi connectivity index (χ0v) is 16.4. The standard InChI is InChI=1S/C22H24N4O3/c1-15(24-22(28)20-6-5-13-29-20)21(27)25-18-7-8-19(26-11-3-2-4-12-26)16-9-10-23-14-17(16)18/h5-10,13-15H,2-4,11-12H2,1H3,(H,24,28)(H,25,27)/t15-/m0/s1. The van der Waals surface area contributed by atoms with Gasteiger partial charge in [-0.2, -0.15) is 0 Å². The molecule has 0 unspecified atom stereocenters. The van der Waals surface area contributed by atoms with Gasteiger partial charge >= 0.3 is 0 Å². The van der Waals surface area contributed by atoms with Gasteiger partial charge in [-0.05, 0) is 56.5 Å². The van der Waals surface area contributed by atoms with Crippen molar-refractivity contribution in [2.75, 3.05) is 23.3 Å². The molecule has 0 radical (unpaired) electrons. The van der Waals surface area contributed by atoms with Gasteiger partial charge in [0.05, 0.1) is 12.0 Å². The lowest BCUT2D eigenvalue weighted by Gasteiger charge is -2.30. The predicted molar refractivity (Wildman–Crippen MR) is 112 cm³/mol. The van der Waals surface area contributed by atoms with Crippen molar-refractivity contribution in [1.82, 2.24) is 10.3 Å². The zero-order chi connectivity index (χ0) is 20.2. The molecule has 29 heavy (non-hydrogen) atoms. The maximum atomic E-state index is 12.7. The third-order valence-corrected chi connectivity index (χ3v) is 5.24. The van der Waals surface area contributed by atoms with Crippen molar-refractivity contribution < 1.29 is 14.0 Å². The van der Waals surface area contributed by atoms with Crippen LogP contribution in [0.1, 0.15) is 36.7 Å². The Morgan fingerprint density at radius 3 is 2.69 bits per heavy atom. The highest BCUT2D eigenvalue weighted by Crippen LogP contribution is 2.33. The van der Waals surface area contributed by atoms with E-state index in [4.69, 9.17) is 4.42 Å². The molecule has 0 aliphatic carbocycles. The molecule has 3 aromatic rings. The van der Waals surface area contributed by atoms with E-state index in [1.54, 1.807) is 31.5 Å². The van der Waals surface area contributed by atoms with Gasteiger partial charge in [-0.1, -0.05) is 0 Å². The number of hydrogen-bond acceptors (Lipinski definition) is 5. The summed E-state index contributed by atoms with van der Waals surface area (Å²) in [5.41, 5.74) is 1.84. The predicted octanol–water partition coefficient (Wildman–Crippen LogP) is 3.58. The van der Waals surface area contributed by atoms with Crippen LogP contribution in [0.3, 0.4) is 0 Å². The van der Waals surface area contributed by atoms with Crippen molar-refractivity contribution in [3.8, 4) is 0 Å². The van der Waals surface area contributed by atoms with Gasteiger partial charge in [0, 0.05) is 41.9 Å². The number of aromatic nitrogens is 1. The van der Waals surface area contributed by atoms with E-state index in [0.29, 0.717) is 5.69 Å². The monoisotopic (exact) mass is 392 g/mol. The Balaban J connectivity index is 1.53. The second kappa shape index (κ2) is 8.34. The molecule has 0 bridgehead atoms. The van der Waals surface area contributed by atoms with E-state index >= 15 is 0 Å². The number of hydrogen-bond donors (Lipinski definition) is 2. The second-order valence-electron chi connectivity index (χ2n) is 7.26. The first kappa shape index (κ1) is 19.0. The van der Waals surface area contributed by atoms with Crippen LogP contribution in [0.25, 0.3) is 10.8 Å². The van der Waals surface area contributed by atoms with Crippen molar-refractivity contribution in [3.05, 3.63) is 54.7 Å². The van der Waals surface area contributed by atoms with Gasteiger partial charge in [0.2, 0.25) is 5.91 Å². The van der Waals surface area contributed by atoms with Crippen molar-refractivity contribution in [3.63, 3.8) is 0 Å². The van der Waals surface area contributed by atoms with Gasteiger partial charge in [0.1, 0.15) is 6.04 Å². The summed E-state index contributed by atoms with van der Waals surface area (Å²) >= 11 is 0. The molecule has 0 saturated carbocycles.